The highest BCUT2D eigenvalue weighted by molar-refractivity contribution is 5.70. The zero-order chi connectivity index (χ0) is 20.1. The quantitative estimate of drug-likeness (QED) is 0.712. The molecule has 1 aromatic carbocycles. The molecule has 0 saturated carbocycles. The molecule has 0 heterocycles. The van der Waals surface area contributed by atoms with Gasteiger partial charge in [0.15, 0.2) is 0 Å². The van der Waals surface area contributed by atoms with Gasteiger partial charge in [-0.3, -0.25) is 4.90 Å². The molecule has 148 valence electrons. The predicted octanol–water partition coefficient (Wildman–Crippen LogP) is 4.54. The SMILES string of the molecule is CC(C)N(CCOc1cc(OC(=O)N(C)C)ccc1C(C)(C)C)C(C)C. The third-order valence-electron chi connectivity index (χ3n) is 4.27. The van der Waals surface area contributed by atoms with Gasteiger partial charge in [-0.1, -0.05) is 26.8 Å². The molecule has 0 N–H and O–H groups in total. The Bertz CT molecular complexity index is 581. The van der Waals surface area contributed by atoms with E-state index in [4.69, 9.17) is 9.47 Å². The molecule has 26 heavy (non-hydrogen) atoms. The summed E-state index contributed by atoms with van der Waals surface area (Å²) in [5.41, 5.74) is 1.04. The second-order valence-corrected chi connectivity index (χ2v) is 8.44. The van der Waals surface area contributed by atoms with E-state index in [0.717, 1.165) is 17.9 Å². The fourth-order valence-corrected chi connectivity index (χ4v) is 2.87. The van der Waals surface area contributed by atoms with Gasteiger partial charge in [0.25, 0.3) is 0 Å². The van der Waals surface area contributed by atoms with Gasteiger partial charge < -0.3 is 14.4 Å². The summed E-state index contributed by atoms with van der Waals surface area (Å²) in [5.74, 6) is 1.27. The van der Waals surface area contributed by atoms with Gasteiger partial charge in [-0.2, -0.15) is 0 Å². The van der Waals surface area contributed by atoms with Crippen LogP contribution in [0.15, 0.2) is 18.2 Å². The van der Waals surface area contributed by atoms with Crippen molar-refractivity contribution in [1.29, 1.82) is 0 Å². The summed E-state index contributed by atoms with van der Waals surface area (Å²) in [6, 6.07) is 6.55. The second-order valence-electron chi connectivity index (χ2n) is 8.44. The van der Waals surface area contributed by atoms with Crippen LogP contribution in [0.1, 0.15) is 54.0 Å². The summed E-state index contributed by atoms with van der Waals surface area (Å²) >= 11 is 0. The number of carbonyl (C=O) groups excluding carboxylic acids is 1. The molecule has 0 aromatic heterocycles. The molecule has 5 heteroatoms. The normalized spacial score (nSPS) is 12.0. The van der Waals surface area contributed by atoms with Crippen LogP contribution < -0.4 is 9.47 Å². The van der Waals surface area contributed by atoms with E-state index in [9.17, 15) is 4.79 Å². The minimum absolute atomic E-state index is 0.0603. The maximum Gasteiger partial charge on any atom is 0.414 e. The zero-order valence-corrected chi connectivity index (χ0v) is 17.9. The lowest BCUT2D eigenvalue weighted by atomic mass is 9.86. The van der Waals surface area contributed by atoms with E-state index < -0.39 is 6.09 Å². The van der Waals surface area contributed by atoms with Crippen LogP contribution in [0.2, 0.25) is 0 Å². The van der Waals surface area contributed by atoms with Gasteiger partial charge in [-0.25, -0.2) is 4.79 Å². The van der Waals surface area contributed by atoms with Crippen LogP contribution in [0.3, 0.4) is 0 Å². The molecule has 1 amide bonds. The van der Waals surface area contributed by atoms with Crippen LogP contribution in [-0.4, -0.2) is 55.2 Å². The molecule has 0 aliphatic heterocycles. The third kappa shape index (κ3) is 6.52. The molecule has 0 aliphatic carbocycles. The van der Waals surface area contributed by atoms with Gasteiger partial charge in [0.2, 0.25) is 0 Å². The number of carbonyl (C=O) groups is 1. The lowest BCUT2D eigenvalue weighted by molar-refractivity contribution is 0.141. The van der Waals surface area contributed by atoms with Crippen LogP contribution in [-0.2, 0) is 5.41 Å². The van der Waals surface area contributed by atoms with Crippen LogP contribution in [0.25, 0.3) is 0 Å². The largest absolute Gasteiger partial charge is 0.492 e. The molecule has 0 unspecified atom stereocenters. The van der Waals surface area contributed by atoms with E-state index in [0.29, 0.717) is 24.4 Å². The van der Waals surface area contributed by atoms with Crippen molar-refractivity contribution in [3.05, 3.63) is 23.8 Å². The molecule has 0 atom stereocenters. The Balaban J connectivity index is 2.96. The monoisotopic (exact) mass is 364 g/mol. The fraction of sp³-hybridized carbons (Fsp3) is 0.667. The number of rotatable bonds is 7. The first-order valence-corrected chi connectivity index (χ1v) is 9.35. The van der Waals surface area contributed by atoms with Crippen molar-refractivity contribution in [2.45, 2.75) is 66.0 Å². The van der Waals surface area contributed by atoms with E-state index >= 15 is 0 Å². The Hall–Kier alpha value is -1.75. The molecule has 5 nitrogen and oxygen atoms in total. The van der Waals surface area contributed by atoms with Gasteiger partial charge in [0.1, 0.15) is 18.1 Å². The molecule has 1 aromatic rings. The highest BCUT2D eigenvalue weighted by Gasteiger charge is 2.21. The zero-order valence-electron chi connectivity index (χ0n) is 17.9. The van der Waals surface area contributed by atoms with E-state index in [-0.39, 0.29) is 5.41 Å². The standard InChI is InChI=1S/C21H36N2O3/c1-15(2)23(16(3)4)12-13-25-19-14-17(26-20(24)22(8)9)10-11-18(19)21(5,6)7/h10-11,14-16H,12-13H2,1-9H3. The molecule has 0 aliphatic rings. The Morgan fingerprint density at radius 2 is 1.65 bits per heavy atom. The van der Waals surface area contributed by atoms with Crippen LogP contribution in [0, 0.1) is 0 Å². The molecule has 0 saturated heterocycles. The van der Waals surface area contributed by atoms with Crippen molar-refractivity contribution in [2.75, 3.05) is 27.2 Å². The second kappa shape index (κ2) is 9.26. The summed E-state index contributed by atoms with van der Waals surface area (Å²) in [4.78, 5) is 15.6. The Morgan fingerprint density at radius 3 is 2.12 bits per heavy atom. The topological polar surface area (TPSA) is 42.0 Å². The van der Waals surface area contributed by atoms with Crippen molar-refractivity contribution < 1.29 is 14.3 Å². The Labute approximate surface area is 159 Å². The van der Waals surface area contributed by atoms with Gasteiger partial charge in [-0.15, -0.1) is 0 Å². The highest BCUT2D eigenvalue weighted by Crippen LogP contribution is 2.34. The first-order chi connectivity index (χ1) is 11.9. The van der Waals surface area contributed by atoms with Gasteiger partial charge in [0.05, 0.1) is 0 Å². The summed E-state index contributed by atoms with van der Waals surface area (Å²) in [7, 11) is 3.32. The molecular formula is C21H36N2O3. The van der Waals surface area contributed by atoms with Crippen molar-refractivity contribution in [3.8, 4) is 11.5 Å². The first kappa shape index (κ1) is 22.3. The van der Waals surface area contributed by atoms with Crippen LogP contribution in [0.5, 0.6) is 11.5 Å². The number of benzene rings is 1. The summed E-state index contributed by atoms with van der Waals surface area (Å²) in [6.45, 7) is 16.7. The Kier molecular flexibility index (Phi) is 7.94. The number of nitrogens with zero attached hydrogens (tertiary/aromatic N) is 2. The van der Waals surface area contributed by atoms with E-state index in [1.807, 2.05) is 18.2 Å². The minimum atomic E-state index is -0.398. The van der Waals surface area contributed by atoms with Gasteiger partial charge in [0, 0.05) is 38.8 Å². The molecule has 0 bridgehead atoms. The smallest absolute Gasteiger partial charge is 0.414 e. The third-order valence-corrected chi connectivity index (χ3v) is 4.27. The van der Waals surface area contributed by atoms with Crippen LogP contribution >= 0.6 is 0 Å². The Morgan fingerprint density at radius 1 is 1.08 bits per heavy atom. The lowest BCUT2D eigenvalue weighted by Gasteiger charge is -2.31. The van der Waals surface area contributed by atoms with Crippen molar-refractivity contribution in [3.63, 3.8) is 0 Å². The lowest BCUT2D eigenvalue weighted by Crippen LogP contribution is -2.39. The van der Waals surface area contributed by atoms with E-state index in [1.165, 1.54) is 4.90 Å². The average Bonchev–Trinajstić information content (AvgIpc) is 2.49. The van der Waals surface area contributed by atoms with Gasteiger partial charge in [-0.05, 0) is 44.7 Å². The fourth-order valence-electron chi connectivity index (χ4n) is 2.87. The van der Waals surface area contributed by atoms with Gasteiger partial charge >= 0.3 is 6.09 Å². The summed E-state index contributed by atoms with van der Waals surface area (Å²) in [5, 5.41) is 0. The number of hydrogen-bond donors (Lipinski definition) is 0. The maximum absolute atomic E-state index is 11.8. The van der Waals surface area contributed by atoms with Crippen molar-refractivity contribution in [1.82, 2.24) is 9.80 Å². The summed E-state index contributed by atoms with van der Waals surface area (Å²) < 4.78 is 11.5. The molecule has 1 rings (SSSR count). The highest BCUT2D eigenvalue weighted by atomic mass is 16.6. The minimum Gasteiger partial charge on any atom is -0.492 e. The summed E-state index contributed by atoms with van der Waals surface area (Å²) in [6.07, 6.45) is -0.398. The average molecular weight is 365 g/mol. The van der Waals surface area contributed by atoms with E-state index in [1.54, 1.807) is 14.1 Å². The van der Waals surface area contributed by atoms with Crippen molar-refractivity contribution >= 4 is 6.09 Å². The maximum atomic E-state index is 11.8. The molecular weight excluding hydrogens is 328 g/mol. The van der Waals surface area contributed by atoms with Crippen molar-refractivity contribution in [2.24, 2.45) is 0 Å². The molecule has 0 spiro atoms. The van der Waals surface area contributed by atoms with E-state index in [2.05, 4.69) is 53.4 Å². The number of amides is 1. The molecule has 0 fully saturated rings. The van der Waals surface area contributed by atoms with Crippen LogP contribution in [0.4, 0.5) is 4.79 Å². The predicted molar refractivity (Wildman–Crippen MR) is 107 cm³/mol. The number of hydrogen-bond acceptors (Lipinski definition) is 4. The number of ether oxygens (including phenoxy) is 2. The first-order valence-electron chi connectivity index (χ1n) is 9.35. The molecule has 0 radical (unpaired) electrons.